The molecule has 0 aromatic carbocycles. The smallest absolute Gasteiger partial charge is 0.315 e. The van der Waals surface area contributed by atoms with Crippen LogP contribution in [-0.2, 0) is 19.1 Å². The van der Waals surface area contributed by atoms with E-state index < -0.39 is 5.92 Å². The van der Waals surface area contributed by atoms with Crippen molar-refractivity contribution in [3.63, 3.8) is 0 Å². The molecule has 0 radical (unpaired) electrons. The minimum absolute atomic E-state index is 0.00828. The number of nitrogens with zero attached hydrogens (tertiary/aromatic N) is 1. The number of thiophene rings is 1. The van der Waals surface area contributed by atoms with Crippen molar-refractivity contribution >= 4 is 28.8 Å². The Kier molecular flexibility index (Phi) is 5.05. The number of carbonyl (C=O) groups excluding carboxylic acids is 2. The zero-order valence-electron chi connectivity index (χ0n) is 14.9. The number of carbonyl (C=O) groups is 2. The monoisotopic (exact) mass is 373 g/mol. The van der Waals surface area contributed by atoms with Crippen LogP contribution >= 0.6 is 11.3 Å². The Labute approximate surface area is 157 Å². The summed E-state index contributed by atoms with van der Waals surface area (Å²) in [6.45, 7) is 2.88. The summed E-state index contributed by atoms with van der Waals surface area (Å²) in [5, 5.41) is 1.98. The molecule has 138 valence electrons. The van der Waals surface area contributed by atoms with Gasteiger partial charge in [0.25, 0.3) is 0 Å². The molecule has 1 aromatic heterocycles. The molecule has 3 atom stereocenters. The predicted molar refractivity (Wildman–Crippen MR) is 99.5 cm³/mol. The lowest BCUT2D eigenvalue weighted by molar-refractivity contribution is -0.149. The van der Waals surface area contributed by atoms with Gasteiger partial charge in [0.2, 0.25) is 0 Å². The van der Waals surface area contributed by atoms with Crippen LogP contribution in [0.25, 0.3) is 0 Å². The molecular weight excluding hydrogens is 350 g/mol. The Balaban J connectivity index is 1.63. The number of ketones is 1. The van der Waals surface area contributed by atoms with Crippen LogP contribution in [0.4, 0.5) is 0 Å². The highest BCUT2D eigenvalue weighted by molar-refractivity contribution is 7.10. The van der Waals surface area contributed by atoms with E-state index in [4.69, 9.17) is 9.47 Å². The molecule has 0 spiro atoms. The maximum atomic E-state index is 13.0. The van der Waals surface area contributed by atoms with Gasteiger partial charge in [0.1, 0.15) is 12.5 Å². The van der Waals surface area contributed by atoms with Crippen LogP contribution in [-0.4, -0.2) is 36.8 Å². The summed E-state index contributed by atoms with van der Waals surface area (Å²) < 4.78 is 11.2. The normalized spacial score (nSPS) is 28.7. The summed E-state index contributed by atoms with van der Waals surface area (Å²) in [6, 6.07) is 3.96. The van der Waals surface area contributed by atoms with E-state index in [2.05, 4.69) is 4.99 Å². The first-order valence-electron chi connectivity index (χ1n) is 9.28. The van der Waals surface area contributed by atoms with Crippen molar-refractivity contribution in [2.75, 3.05) is 13.2 Å². The molecule has 2 aliphatic heterocycles. The van der Waals surface area contributed by atoms with E-state index in [0.29, 0.717) is 6.42 Å². The maximum absolute atomic E-state index is 13.0. The maximum Gasteiger partial charge on any atom is 0.315 e. The lowest BCUT2D eigenvalue weighted by Crippen LogP contribution is -2.37. The third kappa shape index (κ3) is 3.28. The molecule has 3 aliphatic rings. The number of Topliss-reactive ketones (excluding diaryl/α,β-unsaturated/α-hetero) is 1. The molecule has 3 heterocycles. The van der Waals surface area contributed by atoms with Crippen molar-refractivity contribution in [2.24, 2.45) is 10.9 Å². The minimum atomic E-state index is -0.532. The average Bonchev–Trinajstić information content (AvgIpc) is 3.32. The molecule has 0 N–H and O–H groups in total. The van der Waals surface area contributed by atoms with Gasteiger partial charge in [-0.3, -0.25) is 14.6 Å². The summed E-state index contributed by atoms with van der Waals surface area (Å²) in [5.74, 6) is -0.981. The Bertz CT molecular complexity index is 759. The van der Waals surface area contributed by atoms with Crippen molar-refractivity contribution in [3.8, 4) is 0 Å². The number of rotatable bonds is 4. The van der Waals surface area contributed by atoms with Gasteiger partial charge in [-0.25, -0.2) is 0 Å². The number of hydrogen-bond donors (Lipinski definition) is 0. The van der Waals surface area contributed by atoms with Crippen LogP contribution in [0.2, 0.25) is 0 Å². The topological polar surface area (TPSA) is 65.0 Å². The van der Waals surface area contributed by atoms with E-state index in [1.807, 2.05) is 24.4 Å². The minimum Gasteiger partial charge on any atom is -0.462 e. The zero-order valence-corrected chi connectivity index (χ0v) is 15.7. The van der Waals surface area contributed by atoms with Gasteiger partial charge in [0.15, 0.2) is 5.78 Å². The van der Waals surface area contributed by atoms with E-state index in [9.17, 15) is 9.59 Å². The molecule has 1 unspecified atom stereocenters. The molecular formula is C20H23NO4S. The Morgan fingerprint density at radius 3 is 3.00 bits per heavy atom. The second kappa shape index (κ2) is 7.45. The van der Waals surface area contributed by atoms with Crippen LogP contribution in [0.15, 0.2) is 33.8 Å². The second-order valence-electron chi connectivity index (χ2n) is 7.13. The summed E-state index contributed by atoms with van der Waals surface area (Å²) in [4.78, 5) is 31.3. The molecule has 1 saturated heterocycles. The third-order valence-electron chi connectivity index (χ3n) is 5.37. The summed E-state index contributed by atoms with van der Waals surface area (Å²) >= 11 is 1.58. The van der Waals surface area contributed by atoms with Crippen LogP contribution in [0.1, 0.15) is 49.8 Å². The molecule has 0 amide bonds. The molecule has 5 nitrogen and oxygen atoms in total. The fourth-order valence-electron chi connectivity index (χ4n) is 4.13. The number of hydrogen-bond acceptors (Lipinski definition) is 6. The first-order valence-corrected chi connectivity index (χ1v) is 10.2. The van der Waals surface area contributed by atoms with E-state index in [-0.39, 0.29) is 30.4 Å². The van der Waals surface area contributed by atoms with Gasteiger partial charge in [-0.1, -0.05) is 6.07 Å². The van der Waals surface area contributed by atoms with Gasteiger partial charge in [-0.2, -0.15) is 0 Å². The lowest BCUT2D eigenvalue weighted by Gasteiger charge is -2.33. The molecule has 0 saturated carbocycles. The van der Waals surface area contributed by atoms with Gasteiger partial charge in [0, 0.05) is 40.8 Å². The van der Waals surface area contributed by atoms with E-state index in [0.717, 1.165) is 54.1 Å². The highest BCUT2D eigenvalue weighted by atomic mass is 32.1. The predicted octanol–water partition coefficient (Wildman–Crippen LogP) is 3.65. The van der Waals surface area contributed by atoms with Gasteiger partial charge in [0.05, 0.1) is 6.10 Å². The highest BCUT2D eigenvalue weighted by Crippen LogP contribution is 2.44. The Hall–Kier alpha value is -1.79. The average molecular weight is 373 g/mol. The van der Waals surface area contributed by atoms with Crippen LogP contribution in [0, 0.1) is 5.92 Å². The standard InChI is InChI=1S/C20H23NO4S/c1-12-17(20(23)25-11-13-5-3-9-24-13)19(16-8-4-10-26-16)18-14(21-12)6-2-7-15(18)22/h4,8,10,13,17,19H,2-3,5-7,9,11H2,1H3/t13-,17?,19-/m1/s1. The highest BCUT2D eigenvalue weighted by Gasteiger charge is 2.43. The van der Waals surface area contributed by atoms with Gasteiger partial charge < -0.3 is 9.47 Å². The van der Waals surface area contributed by atoms with E-state index >= 15 is 0 Å². The van der Waals surface area contributed by atoms with Crippen LogP contribution in [0.3, 0.4) is 0 Å². The first kappa shape index (κ1) is 17.6. The van der Waals surface area contributed by atoms with Crippen LogP contribution < -0.4 is 0 Å². The quantitative estimate of drug-likeness (QED) is 0.756. The summed E-state index contributed by atoms with van der Waals surface area (Å²) in [6.07, 6.45) is 4.10. The summed E-state index contributed by atoms with van der Waals surface area (Å²) in [5.41, 5.74) is 2.33. The fourth-order valence-corrected chi connectivity index (χ4v) is 5.00. The number of allylic oxidation sites excluding steroid dienone is 2. The third-order valence-corrected chi connectivity index (χ3v) is 6.33. The van der Waals surface area contributed by atoms with Crippen molar-refractivity contribution in [1.82, 2.24) is 0 Å². The molecule has 4 rings (SSSR count). The molecule has 6 heteroatoms. The number of ether oxygens (including phenoxy) is 2. The largest absolute Gasteiger partial charge is 0.462 e. The van der Waals surface area contributed by atoms with E-state index in [1.54, 1.807) is 11.3 Å². The van der Waals surface area contributed by atoms with Crippen LogP contribution in [0.5, 0.6) is 0 Å². The number of esters is 1. The molecule has 0 bridgehead atoms. The van der Waals surface area contributed by atoms with Crippen molar-refractivity contribution in [2.45, 2.75) is 51.0 Å². The first-order chi connectivity index (χ1) is 12.6. The number of aliphatic imine (C=N–C) groups is 1. The Morgan fingerprint density at radius 1 is 1.38 bits per heavy atom. The van der Waals surface area contributed by atoms with Gasteiger partial charge in [-0.05, 0) is 44.1 Å². The van der Waals surface area contributed by atoms with Crippen molar-refractivity contribution in [3.05, 3.63) is 33.7 Å². The fraction of sp³-hybridized carbons (Fsp3) is 0.550. The molecule has 26 heavy (non-hydrogen) atoms. The van der Waals surface area contributed by atoms with Gasteiger partial charge >= 0.3 is 5.97 Å². The van der Waals surface area contributed by atoms with Crippen molar-refractivity contribution < 1.29 is 19.1 Å². The molecule has 1 aromatic rings. The lowest BCUT2D eigenvalue weighted by atomic mass is 9.74. The summed E-state index contributed by atoms with van der Waals surface area (Å²) in [7, 11) is 0. The van der Waals surface area contributed by atoms with Gasteiger partial charge in [-0.15, -0.1) is 11.3 Å². The zero-order chi connectivity index (χ0) is 18.1. The SMILES string of the molecule is CC1=NC2=C(C(=O)CCC2)[C@H](c2cccs2)C1C(=O)OC[C@H]1CCCO1. The van der Waals surface area contributed by atoms with Crippen molar-refractivity contribution in [1.29, 1.82) is 0 Å². The van der Waals surface area contributed by atoms with E-state index in [1.165, 1.54) is 0 Å². The molecule has 1 fully saturated rings. The Morgan fingerprint density at radius 2 is 2.27 bits per heavy atom. The second-order valence-corrected chi connectivity index (χ2v) is 8.11. The molecule has 1 aliphatic carbocycles.